The molecule has 1 saturated heterocycles. The summed E-state index contributed by atoms with van der Waals surface area (Å²) in [7, 11) is -2.98. The standard InChI is InChI=1S/C16H32O2S/c1-11(2)12-9-10-19(17,18)14(16(6,7)8)13(12)15(3,4)5/h11-14H,9-10H2,1-8H3. The highest BCUT2D eigenvalue weighted by Crippen LogP contribution is 2.50. The maximum absolute atomic E-state index is 12.7. The van der Waals surface area contributed by atoms with E-state index in [-0.39, 0.29) is 22.0 Å². The second-order valence-corrected chi connectivity index (χ2v) is 11.0. The van der Waals surface area contributed by atoms with Gasteiger partial charge in [0.25, 0.3) is 0 Å². The third-order valence-electron chi connectivity index (χ3n) is 4.62. The van der Waals surface area contributed by atoms with Crippen LogP contribution in [0.3, 0.4) is 0 Å². The van der Waals surface area contributed by atoms with Crippen LogP contribution in [-0.2, 0) is 9.84 Å². The monoisotopic (exact) mass is 288 g/mol. The minimum atomic E-state index is -2.98. The number of hydrogen-bond donors (Lipinski definition) is 0. The number of rotatable bonds is 1. The molecule has 3 unspecified atom stereocenters. The average molecular weight is 288 g/mol. The minimum Gasteiger partial charge on any atom is -0.229 e. The fraction of sp³-hybridized carbons (Fsp3) is 1.00. The molecule has 0 spiro atoms. The van der Waals surface area contributed by atoms with Gasteiger partial charge in [-0.15, -0.1) is 0 Å². The molecule has 3 atom stereocenters. The van der Waals surface area contributed by atoms with E-state index in [1.807, 2.05) is 0 Å². The summed E-state index contributed by atoms with van der Waals surface area (Å²) in [6, 6.07) is 0. The van der Waals surface area contributed by atoms with E-state index in [9.17, 15) is 8.42 Å². The van der Waals surface area contributed by atoms with Gasteiger partial charge in [-0.25, -0.2) is 8.42 Å². The number of hydrogen-bond acceptors (Lipinski definition) is 2. The molecule has 0 aliphatic carbocycles. The molecular formula is C16H32O2S. The normalized spacial score (nSPS) is 32.6. The predicted molar refractivity (Wildman–Crippen MR) is 82.9 cm³/mol. The topological polar surface area (TPSA) is 34.1 Å². The van der Waals surface area contributed by atoms with Crippen molar-refractivity contribution in [1.82, 2.24) is 0 Å². The van der Waals surface area contributed by atoms with Gasteiger partial charge in [0.05, 0.1) is 11.0 Å². The molecule has 1 rings (SSSR count). The molecule has 0 radical (unpaired) electrons. The molecule has 1 heterocycles. The lowest BCUT2D eigenvalue weighted by Gasteiger charge is -2.51. The van der Waals surface area contributed by atoms with Gasteiger partial charge in [-0.3, -0.25) is 0 Å². The van der Waals surface area contributed by atoms with Gasteiger partial charge >= 0.3 is 0 Å². The van der Waals surface area contributed by atoms with Crippen LogP contribution in [0.5, 0.6) is 0 Å². The van der Waals surface area contributed by atoms with E-state index in [0.29, 0.717) is 17.6 Å². The van der Waals surface area contributed by atoms with Gasteiger partial charge < -0.3 is 0 Å². The van der Waals surface area contributed by atoms with Crippen LogP contribution < -0.4 is 0 Å². The van der Waals surface area contributed by atoms with Crippen LogP contribution in [0.1, 0.15) is 61.8 Å². The van der Waals surface area contributed by atoms with Crippen LogP contribution >= 0.6 is 0 Å². The molecule has 0 N–H and O–H groups in total. The van der Waals surface area contributed by atoms with Crippen molar-refractivity contribution in [2.75, 3.05) is 5.75 Å². The summed E-state index contributed by atoms with van der Waals surface area (Å²) in [6.45, 7) is 17.3. The first-order chi connectivity index (χ1) is 8.28. The van der Waals surface area contributed by atoms with Crippen molar-refractivity contribution in [2.24, 2.45) is 28.6 Å². The highest BCUT2D eigenvalue weighted by atomic mass is 32.2. The first-order valence-corrected chi connectivity index (χ1v) is 9.21. The van der Waals surface area contributed by atoms with Crippen LogP contribution in [0.2, 0.25) is 0 Å². The van der Waals surface area contributed by atoms with Gasteiger partial charge in [0, 0.05) is 0 Å². The van der Waals surface area contributed by atoms with Crippen molar-refractivity contribution >= 4 is 9.84 Å². The van der Waals surface area contributed by atoms with Gasteiger partial charge in [0.2, 0.25) is 0 Å². The lowest BCUT2D eigenvalue weighted by molar-refractivity contribution is 0.0708. The first kappa shape index (κ1) is 17.0. The zero-order valence-corrected chi connectivity index (χ0v) is 14.8. The van der Waals surface area contributed by atoms with E-state index >= 15 is 0 Å². The Morgan fingerprint density at radius 3 is 1.74 bits per heavy atom. The van der Waals surface area contributed by atoms with Crippen LogP contribution in [0.4, 0.5) is 0 Å². The lowest BCUT2D eigenvalue weighted by atomic mass is 9.62. The van der Waals surface area contributed by atoms with Crippen LogP contribution in [0, 0.1) is 28.6 Å². The summed E-state index contributed by atoms with van der Waals surface area (Å²) < 4.78 is 25.3. The summed E-state index contributed by atoms with van der Waals surface area (Å²) in [6.07, 6.45) is 0.828. The molecular weight excluding hydrogens is 256 g/mol. The van der Waals surface area contributed by atoms with Crippen molar-refractivity contribution in [3.8, 4) is 0 Å². The SMILES string of the molecule is CC(C)C1CCS(=O)(=O)C(C(C)(C)C)C1C(C)(C)C. The smallest absolute Gasteiger partial charge is 0.153 e. The second-order valence-electron chi connectivity index (χ2n) is 8.74. The fourth-order valence-corrected chi connectivity index (χ4v) is 6.97. The quantitative estimate of drug-likeness (QED) is 0.726. The van der Waals surface area contributed by atoms with E-state index in [1.165, 1.54) is 0 Å². The largest absolute Gasteiger partial charge is 0.229 e. The van der Waals surface area contributed by atoms with E-state index in [4.69, 9.17) is 0 Å². The van der Waals surface area contributed by atoms with Crippen molar-refractivity contribution in [1.29, 1.82) is 0 Å². The molecule has 0 aromatic heterocycles. The van der Waals surface area contributed by atoms with E-state index < -0.39 is 9.84 Å². The van der Waals surface area contributed by atoms with E-state index in [1.54, 1.807) is 0 Å². The van der Waals surface area contributed by atoms with E-state index in [2.05, 4.69) is 55.4 Å². The molecule has 1 fully saturated rings. The first-order valence-electron chi connectivity index (χ1n) is 7.50. The van der Waals surface area contributed by atoms with Gasteiger partial charge in [0.15, 0.2) is 9.84 Å². The molecule has 2 nitrogen and oxygen atoms in total. The fourth-order valence-electron chi connectivity index (χ4n) is 3.98. The van der Waals surface area contributed by atoms with Crippen LogP contribution in [0.15, 0.2) is 0 Å². The molecule has 1 aliphatic rings. The van der Waals surface area contributed by atoms with Gasteiger partial charge in [-0.05, 0) is 35.0 Å². The Bertz CT molecular complexity index is 407. The molecule has 114 valence electrons. The zero-order chi connectivity index (χ0) is 15.2. The third-order valence-corrected chi connectivity index (χ3v) is 7.20. The highest BCUT2D eigenvalue weighted by molar-refractivity contribution is 7.92. The Labute approximate surface area is 120 Å². The summed E-state index contributed by atoms with van der Waals surface area (Å²) in [4.78, 5) is 0. The van der Waals surface area contributed by atoms with Crippen molar-refractivity contribution in [3.05, 3.63) is 0 Å². The molecule has 0 amide bonds. The molecule has 1 aliphatic heterocycles. The van der Waals surface area contributed by atoms with Crippen LogP contribution in [-0.4, -0.2) is 19.4 Å². The third kappa shape index (κ3) is 3.53. The van der Waals surface area contributed by atoms with Crippen molar-refractivity contribution in [2.45, 2.75) is 67.1 Å². The Morgan fingerprint density at radius 1 is 0.947 bits per heavy atom. The average Bonchev–Trinajstić information content (AvgIpc) is 2.11. The van der Waals surface area contributed by atoms with E-state index in [0.717, 1.165) is 6.42 Å². The lowest BCUT2D eigenvalue weighted by Crippen LogP contribution is -2.54. The highest BCUT2D eigenvalue weighted by Gasteiger charge is 2.52. The Hall–Kier alpha value is -0.0500. The molecule has 3 heteroatoms. The Balaban J connectivity index is 3.38. The van der Waals surface area contributed by atoms with Crippen molar-refractivity contribution in [3.63, 3.8) is 0 Å². The minimum absolute atomic E-state index is 0.0281. The van der Waals surface area contributed by atoms with Gasteiger partial charge in [-0.1, -0.05) is 55.4 Å². The molecule has 0 aromatic carbocycles. The maximum atomic E-state index is 12.7. The molecule has 19 heavy (non-hydrogen) atoms. The van der Waals surface area contributed by atoms with Crippen LogP contribution in [0.25, 0.3) is 0 Å². The molecule has 0 bridgehead atoms. The molecule has 0 saturated carbocycles. The molecule has 0 aromatic rings. The Morgan fingerprint density at radius 2 is 1.42 bits per heavy atom. The van der Waals surface area contributed by atoms with Crippen molar-refractivity contribution < 1.29 is 8.42 Å². The van der Waals surface area contributed by atoms with Gasteiger partial charge in [-0.2, -0.15) is 0 Å². The van der Waals surface area contributed by atoms with Gasteiger partial charge in [0.1, 0.15) is 0 Å². The zero-order valence-electron chi connectivity index (χ0n) is 13.9. The Kier molecular flexibility index (Phi) is 4.52. The second kappa shape index (κ2) is 5.05. The number of sulfone groups is 1. The summed E-state index contributed by atoms with van der Waals surface area (Å²) in [5.41, 5.74) is -0.162. The maximum Gasteiger partial charge on any atom is 0.153 e. The summed E-state index contributed by atoms with van der Waals surface area (Å²) in [5, 5.41) is -0.221. The summed E-state index contributed by atoms with van der Waals surface area (Å²) >= 11 is 0. The predicted octanol–water partition coefficient (Wildman–Crippen LogP) is 4.15. The summed E-state index contributed by atoms with van der Waals surface area (Å²) in [5.74, 6) is 1.66.